The number of hydrogen-bond donors (Lipinski definition) is 6. The van der Waals surface area contributed by atoms with Gasteiger partial charge in [-0.25, -0.2) is 4.57 Å². The Kier molecular flexibility index (Phi) is 36.1. The summed E-state index contributed by atoms with van der Waals surface area (Å²) in [6.45, 7) is 3.15. The summed E-state index contributed by atoms with van der Waals surface area (Å²) in [7, 11) is -5.13. The highest BCUT2D eigenvalue weighted by molar-refractivity contribution is 7.47. The van der Waals surface area contributed by atoms with Crippen molar-refractivity contribution in [2.75, 3.05) is 13.2 Å². The van der Waals surface area contributed by atoms with Crippen molar-refractivity contribution < 1.29 is 63.1 Å². The van der Waals surface area contributed by atoms with Crippen molar-refractivity contribution >= 4 is 19.8 Å². The molecule has 0 heterocycles. The summed E-state index contributed by atoms with van der Waals surface area (Å²) < 4.78 is 33.5. The van der Waals surface area contributed by atoms with Crippen LogP contribution in [0, 0.1) is 0 Å². The van der Waals surface area contributed by atoms with Crippen LogP contribution < -0.4 is 0 Å². The fourth-order valence-electron chi connectivity index (χ4n) is 6.98. The van der Waals surface area contributed by atoms with E-state index in [9.17, 15) is 44.6 Å². The van der Waals surface area contributed by atoms with Crippen LogP contribution >= 0.6 is 7.82 Å². The maximum Gasteiger partial charge on any atom is 0.472 e. The second-order valence-corrected chi connectivity index (χ2v) is 18.0. The van der Waals surface area contributed by atoms with Crippen molar-refractivity contribution in [3.8, 4) is 0 Å². The predicted molar refractivity (Wildman–Crippen MR) is 249 cm³/mol. The Labute approximate surface area is 379 Å². The second-order valence-electron chi connectivity index (χ2n) is 16.6. The number of esters is 2. The molecule has 0 saturated heterocycles. The van der Waals surface area contributed by atoms with Gasteiger partial charge < -0.3 is 39.9 Å². The van der Waals surface area contributed by atoms with Crippen molar-refractivity contribution in [2.45, 2.75) is 224 Å². The number of carbonyl (C=O) groups is 2. The minimum Gasteiger partial charge on any atom is -0.462 e. The lowest BCUT2D eigenvalue weighted by Gasteiger charge is -2.41. The molecule has 1 rings (SSSR count). The quantitative estimate of drug-likeness (QED) is 0.0147. The number of ether oxygens (including phenoxy) is 2. The zero-order chi connectivity index (χ0) is 46.4. The van der Waals surface area contributed by atoms with Gasteiger partial charge in [0.15, 0.2) is 6.10 Å². The molecule has 1 saturated carbocycles. The van der Waals surface area contributed by atoms with Crippen molar-refractivity contribution in [3.05, 3.63) is 60.8 Å². The van der Waals surface area contributed by atoms with Crippen LogP contribution in [0.4, 0.5) is 0 Å². The highest BCUT2D eigenvalue weighted by atomic mass is 31.2. The molecular formula is C49H85O13P. The fraction of sp³-hybridized carbons (Fsp3) is 0.755. The number of phosphoric ester groups is 1. The molecule has 0 aromatic heterocycles. The van der Waals surface area contributed by atoms with Crippen molar-refractivity contribution in [1.29, 1.82) is 0 Å². The molecule has 0 aliphatic heterocycles. The molecule has 0 amide bonds. The van der Waals surface area contributed by atoms with Crippen LogP contribution in [-0.2, 0) is 32.7 Å². The van der Waals surface area contributed by atoms with Crippen LogP contribution in [-0.4, -0.2) is 98.3 Å². The number of allylic oxidation sites excluding steroid dienone is 10. The topological polar surface area (TPSA) is 210 Å². The first-order chi connectivity index (χ1) is 30.4. The molecule has 1 fully saturated rings. The van der Waals surface area contributed by atoms with E-state index in [1.165, 1.54) is 51.4 Å². The maximum atomic E-state index is 12.8. The van der Waals surface area contributed by atoms with Gasteiger partial charge in [0.2, 0.25) is 0 Å². The molecule has 13 nitrogen and oxygen atoms in total. The zero-order valence-electron chi connectivity index (χ0n) is 38.6. The molecule has 364 valence electrons. The average Bonchev–Trinajstić information content (AvgIpc) is 3.26. The predicted octanol–water partition coefficient (Wildman–Crippen LogP) is 9.73. The SMILES string of the molecule is CC/C=C/C/C=C/C/C=C/CCCCCCCC(=O)O[C@@H](COC(=O)CCCCCCCCCCC/C=C/C/C=C/CCCCC)COP(=O)(O)OC1C(O)C(O)C(O)[C@H](O)C1O. The Morgan fingerprint density at radius 2 is 0.905 bits per heavy atom. The van der Waals surface area contributed by atoms with Gasteiger partial charge in [0.1, 0.15) is 43.2 Å². The third-order valence-corrected chi connectivity index (χ3v) is 11.8. The van der Waals surface area contributed by atoms with Crippen LogP contribution in [0.25, 0.3) is 0 Å². The van der Waals surface area contributed by atoms with Crippen LogP contribution in [0.1, 0.15) is 181 Å². The largest absolute Gasteiger partial charge is 0.472 e. The number of aliphatic hydroxyl groups is 5. The number of carbonyl (C=O) groups excluding carboxylic acids is 2. The van der Waals surface area contributed by atoms with E-state index in [4.69, 9.17) is 18.5 Å². The lowest BCUT2D eigenvalue weighted by Crippen LogP contribution is -2.64. The average molecular weight is 913 g/mol. The summed E-state index contributed by atoms with van der Waals surface area (Å²) in [6, 6.07) is 0. The van der Waals surface area contributed by atoms with Crippen LogP contribution in [0.3, 0.4) is 0 Å². The minimum atomic E-state index is -5.13. The van der Waals surface area contributed by atoms with E-state index in [1.54, 1.807) is 0 Å². The van der Waals surface area contributed by atoms with Crippen LogP contribution in [0.2, 0.25) is 0 Å². The number of rotatable bonds is 39. The summed E-state index contributed by atoms with van der Waals surface area (Å²) in [5, 5.41) is 50.2. The van der Waals surface area contributed by atoms with Crippen molar-refractivity contribution in [1.82, 2.24) is 0 Å². The van der Waals surface area contributed by atoms with E-state index < -0.39 is 75.7 Å². The third kappa shape index (κ3) is 31.2. The Bertz CT molecular complexity index is 1330. The monoisotopic (exact) mass is 913 g/mol. The summed E-state index contributed by atoms with van der Waals surface area (Å²) >= 11 is 0. The summed E-state index contributed by atoms with van der Waals surface area (Å²) in [6.07, 6.45) is 34.1. The molecule has 0 aromatic carbocycles. The Morgan fingerprint density at radius 1 is 0.508 bits per heavy atom. The third-order valence-electron chi connectivity index (χ3n) is 10.8. The van der Waals surface area contributed by atoms with Crippen LogP contribution in [0.15, 0.2) is 60.8 Å². The van der Waals surface area contributed by atoms with Crippen LogP contribution in [0.5, 0.6) is 0 Å². The second kappa shape index (κ2) is 38.8. The lowest BCUT2D eigenvalue weighted by atomic mass is 9.85. The Morgan fingerprint density at radius 3 is 1.38 bits per heavy atom. The van der Waals surface area contributed by atoms with Gasteiger partial charge in [0.05, 0.1) is 6.61 Å². The summed E-state index contributed by atoms with van der Waals surface area (Å²) in [4.78, 5) is 35.7. The Hall–Kier alpha value is -2.45. The molecule has 0 aromatic rings. The lowest BCUT2D eigenvalue weighted by molar-refractivity contribution is -0.220. The van der Waals surface area contributed by atoms with E-state index >= 15 is 0 Å². The summed E-state index contributed by atoms with van der Waals surface area (Å²) in [5.41, 5.74) is 0. The van der Waals surface area contributed by atoms with Gasteiger partial charge in [-0.2, -0.15) is 0 Å². The highest BCUT2D eigenvalue weighted by Crippen LogP contribution is 2.47. The molecule has 6 N–H and O–H groups in total. The summed E-state index contributed by atoms with van der Waals surface area (Å²) in [5.74, 6) is -1.13. The zero-order valence-corrected chi connectivity index (χ0v) is 39.5. The first-order valence-corrected chi connectivity index (χ1v) is 25.6. The molecule has 1 aliphatic carbocycles. The molecule has 14 heteroatoms. The van der Waals surface area contributed by atoms with E-state index in [2.05, 4.69) is 74.6 Å². The van der Waals surface area contributed by atoms with E-state index in [0.717, 1.165) is 89.9 Å². The van der Waals surface area contributed by atoms with Gasteiger partial charge in [-0.05, 0) is 77.0 Å². The molecule has 8 atom stereocenters. The van der Waals surface area contributed by atoms with E-state index in [1.807, 2.05) is 0 Å². The van der Waals surface area contributed by atoms with Gasteiger partial charge in [0.25, 0.3) is 0 Å². The van der Waals surface area contributed by atoms with E-state index in [-0.39, 0.29) is 12.8 Å². The molecular weight excluding hydrogens is 828 g/mol. The fourth-order valence-corrected chi connectivity index (χ4v) is 7.95. The first kappa shape index (κ1) is 58.6. The van der Waals surface area contributed by atoms with Gasteiger partial charge in [0, 0.05) is 12.8 Å². The van der Waals surface area contributed by atoms with Gasteiger partial charge in [-0.1, -0.05) is 152 Å². The number of aliphatic hydroxyl groups excluding tert-OH is 5. The number of hydrogen-bond acceptors (Lipinski definition) is 12. The maximum absolute atomic E-state index is 12.8. The number of phosphoric acid groups is 1. The Balaban J connectivity index is 2.44. The molecule has 1 aliphatic rings. The smallest absolute Gasteiger partial charge is 0.462 e. The number of unbranched alkanes of at least 4 members (excludes halogenated alkanes) is 17. The molecule has 63 heavy (non-hydrogen) atoms. The van der Waals surface area contributed by atoms with Crippen molar-refractivity contribution in [2.24, 2.45) is 0 Å². The van der Waals surface area contributed by atoms with E-state index in [0.29, 0.717) is 12.8 Å². The molecule has 6 unspecified atom stereocenters. The van der Waals surface area contributed by atoms with Gasteiger partial charge in [-0.15, -0.1) is 0 Å². The first-order valence-electron chi connectivity index (χ1n) is 24.1. The highest BCUT2D eigenvalue weighted by Gasteiger charge is 2.51. The van der Waals surface area contributed by atoms with Crippen molar-refractivity contribution in [3.63, 3.8) is 0 Å². The normalized spacial score (nSPS) is 22.2. The standard InChI is InChI=1S/C49H85O13P/c1-3-5-7-9-11-13-15-17-19-20-21-22-24-25-27-29-31-33-35-37-42(50)59-39-41(40-60-63(57,58)62-49-47(55)45(53)44(52)46(54)48(49)56)61-43(51)38-36-34-32-30-28-26-23-18-16-14-12-10-8-6-4-2/h6,8,11-14,17-19,23,41,44-49,52-56H,3-5,7,9-10,15-16,20-22,24-40H2,1-2H3,(H,57,58)/b8-6+,13-11+,14-12+,19-17+,23-18+/t41-,44?,45-,46?,47?,48?,49?/m0/s1. The van der Waals surface area contributed by atoms with Gasteiger partial charge >= 0.3 is 19.8 Å². The van der Waals surface area contributed by atoms with Gasteiger partial charge in [-0.3, -0.25) is 18.6 Å². The minimum absolute atomic E-state index is 0.0741. The molecule has 0 spiro atoms. The molecule has 0 bridgehead atoms. The molecule has 0 radical (unpaired) electrons.